The first-order valence-corrected chi connectivity index (χ1v) is 5.19. The molecule has 2 heterocycles. The summed E-state index contributed by atoms with van der Waals surface area (Å²) >= 11 is 0. The van der Waals surface area contributed by atoms with Crippen molar-refractivity contribution in [1.82, 2.24) is 19.5 Å². The van der Waals surface area contributed by atoms with Crippen LogP contribution in [0.3, 0.4) is 0 Å². The summed E-state index contributed by atoms with van der Waals surface area (Å²) in [7, 11) is 0. The second-order valence-electron chi connectivity index (χ2n) is 3.98. The van der Waals surface area contributed by atoms with Gasteiger partial charge in [0.25, 0.3) is 0 Å². The van der Waals surface area contributed by atoms with Crippen molar-refractivity contribution >= 4 is 11.0 Å². The Bertz CT molecular complexity index is 595. The van der Waals surface area contributed by atoms with Crippen LogP contribution in [-0.2, 0) is 0 Å². The van der Waals surface area contributed by atoms with Crippen LogP contribution in [0.1, 0.15) is 11.1 Å². The summed E-state index contributed by atoms with van der Waals surface area (Å²) in [6, 6.07) is 4.22. The van der Waals surface area contributed by atoms with Crippen LogP contribution in [0.5, 0.6) is 0 Å². The fraction of sp³-hybridized carbons (Fsp3) is 0.167. The van der Waals surface area contributed by atoms with E-state index >= 15 is 0 Å². The third-order valence-corrected chi connectivity index (χ3v) is 2.83. The number of aryl methyl sites for hydroxylation is 2. The molecule has 0 aliphatic carbocycles. The molecular formula is C12H12N4. The number of benzene rings is 1. The first-order chi connectivity index (χ1) is 7.74. The van der Waals surface area contributed by atoms with Gasteiger partial charge in [0.15, 0.2) is 0 Å². The monoisotopic (exact) mass is 212 g/mol. The third-order valence-electron chi connectivity index (χ3n) is 2.83. The molecule has 80 valence electrons. The SMILES string of the molecule is Cc1cc2nc(-n3ccnc3)[nH]c2cc1C. The van der Waals surface area contributed by atoms with Crippen LogP contribution in [0.4, 0.5) is 0 Å². The Morgan fingerprint density at radius 2 is 2.00 bits per heavy atom. The van der Waals surface area contributed by atoms with Crippen LogP contribution in [0.15, 0.2) is 30.9 Å². The van der Waals surface area contributed by atoms with Crippen LogP contribution < -0.4 is 0 Å². The zero-order valence-corrected chi connectivity index (χ0v) is 9.23. The topological polar surface area (TPSA) is 46.5 Å². The van der Waals surface area contributed by atoms with Gasteiger partial charge in [0, 0.05) is 12.4 Å². The van der Waals surface area contributed by atoms with Crippen molar-refractivity contribution < 1.29 is 0 Å². The molecule has 0 bridgehead atoms. The first kappa shape index (κ1) is 9.15. The first-order valence-electron chi connectivity index (χ1n) is 5.19. The van der Waals surface area contributed by atoms with E-state index in [1.54, 1.807) is 12.5 Å². The van der Waals surface area contributed by atoms with Crippen LogP contribution in [0, 0.1) is 13.8 Å². The van der Waals surface area contributed by atoms with E-state index in [0.717, 1.165) is 17.0 Å². The number of nitrogens with one attached hydrogen (secondary N) is 1. The van der Waals surface area contributed by atoms with Gasteiger partial charge in [0.2, 0.25) is 5.95 Å². The number of aromatic amines is 1. The summed E-state index contributed by atoms with van der Waals surface area (Å²) in [5, 5.41) is 0. The Balaban J connectivity index is 2.23. The quantitative estimate of drug-likeness (QED) is 0.673. The lowest BCUT2D eigenvalue weighted by molar-refractivity contribution is 0.967. The molecule has 2 aromatic heterocycles. The molecule has 0 atom stereocenters. The van der Waals surface area contributed by atoms with Crippen molar-refractivity contribution in [3.8, 4) is 5.95 Å². The van der Waals surface area contributed by atoms with Crippen molar-refractivity contribution in [2.24, 2.45) is 0 Å². The fourth-order valence-corrected chi connectivity index (χ4v) is 1.76. The van der Waals surface area contributed by atoms with Crippen molar-refractivity contribution in [3.63, 3.8) is 0 Å². The second-order valence-corrected chi connectivity index (χ2v) is 3.98. The summed E-state index contributed by atoms with van der Waals surface area (Å²) in [4.78, 5) is 11.8. The lowest BCUT2D eigenvalue weighted by Crippen LogP contribution is -1.91. The minimum atomic E-state index is 0.803. The zero-order chi connectivity index (χ0) is 11.1. The van der Waals surface area contributed by atoms with E-state index in [9.17, 15) is 0 Å². The fourth-order valence-electron chi connectivity index (χ4n) is 1.76. The molecule has 0 amide bonds. The number of rotatable bonds is 1. The highest BCUT2D eigenvalue weighted by Crippen LogP contribution is 2.18. The van der Waals surface area contributed by atoms with E-state index in [4.69, 9.17) is 0 Å². The highest BCUT2D eigenvalue weighted by Gasteiger charge is 2.05. The van der Waals surface area contributed by atoms with E-state index in [0.29, 0.717) is 0 Å². The molecule has 0 saturated heterocycles. The molecule has 4 heteroatoms. The van der Waals surface area contributed by atoms with Crippen LogP contribution in [-0.4, -0.2) is 19.5 Å². The number of hydrogen-bond acceptors (Lipinski definition) is 2. The van der Waals surface area contributed by atoms with Crippen molar-refractivity contribution in [2.45, 2.75) is 13.8 Å². The highest BCUT2D eigenvalue weighted by molar-refractivity contribution is 5.78. The summed E-state index contributed by atoms with van der Waals surface area (Å²) in [5.41, 5.74) is 4.59. The van der Waals surface area contributed by atoms with E-state index in [1.807, 2.05) is 10.8 Å². The number of imidazole rings is 2. The van der Waals surface area contributed by atoms with Gasteiger partial charge in [-0.3, -0.25) is 4.57 Å². The van der Waals surface area contributed by atoms with Crippen molar-refractivity contribution in [2.75, 3.05) is 0 Å². The molecule has 4 nitrogen and oxygen atoms in total. The van der Waals surface area contributed by atoms with Crippen LogP contribution in [0.2, 0.25) is 0 Å². The smallest absolute Gasteiger partial charge is 0.213 e. The minimum absolute atomic E-state index is 0.803. The Labute approximate surface area is 93.0 Å². The Morgan fingerprint density at radius 3 is 2.75 bits per heavy atom. The summed E-state index contributed by atoms with van der Waals surface area (Å²) in [5.74, 6) is 0.803. The van der Waals surface area contributed by atoms with E-state index in [2.05, 4.69) is 40.9 Å². The normalized spacial score (nSPS) is 11.1. The van der Waals surface area contributed by atoms with Crippen LogP contribution >= 0.6 is 0 Å². The molecule has 16 heavy (non-hydrogen) atoms. The minimum Gasteiger partial charge on any atom is -0.323 e. The summed E-state index contributed by atoms with van der Waals surface area (Å²) in [6.07, 6.45) is 5.35. The molecule has 1 N–H and O–H groups in total. The standard InChI is InChI=1S/C12H12N4/c1-8-5-10-11(6-9(8)2)15-12(14-10)16-4-3-13-7-16/h3-7H,1-2H3,(H,14,15). The maximum atomic E-state index is 4.52. The molecule has 0 fully saturated rings. The molecule has 3 rings (SSSR count). The van der Waals surface area contributed by atoms with E-state index in [-0.39, 0.29) is 0 Å². The van der Waals surface area contributed by atoms with Gasteiger partial charge < -0.3 is 4.98 Å². The Hall–Kier alpha value is -2.10. The molecule has 0 spiro atoms. The Kier molecular flexibility index (Phi) is 1.83. The van der Waals surface area contributed by atoms with Gasteiger partial charge in [-0.05, 0) is 37.1 Å². The number of hydrogen-bond donors (Lipinski definition) is 1. The molecular weight excluding hydrogens is 200 g/mol. The molecule has 0 aliphatic heterocycles. The van der Waals surface area contributed by atoms with Gasteiger partial charge in [-0.2, -0.15) is 0 Å². The maximum absolute atomic E-state index is 4.52. The number of H-pyrrole nitrogens is 1. The second kappa shape index (κ2) is 3.20. The van der Waals surface area contributed by atoms with Crippen molar-refractivity contribution in [1.29, 1.82) is 0 Å². The summed E-state index contributed by atoms with van der Waals surface area (Å²) < 4.78 is 1.87. The van der Waals surface area contributed by atoms with E-state index in [1.165, 1.54) is 11.1 Å². The molecule has 1 aromatic carbocycles. The average Bonchev–Trinajstić information content (AvgIpc) is 2.86. The van der Waals surface area contributed by atoms with Gasteiger partial charge in [-0.25, -0.2) is 9.97 Å². The summed E-state index contributed by atoms with van der Waals surface area (Å²) in [6.45, 7) is 4.20. The molecule has 3 aromatic rings. The third kappa shape index (κ3) is 1.31. The number of fused-ring (bicyclic) bond motifs is 1. The van der Waals surface area contributed by atoms with Gasteiger partial charge in [0.1, 0.15) is 6.33 Å². The van der Waals surface area contributed by atoms with Gasteiger partial charge >= 0.3 is 0 Å². The largest absolute Gasteiger partial charge is 0.323 e. The molecule has 0 aliphatic rings. The van der Waals surface area contributed by atoms with Crippen LogP contribution in [0.25, 0.3) is 17.0 Å². The van der Waals surface area contributed by atoms with Gasteiger partial charge in [-0.15, -0.1) is 0 Å². The lowest BCUT2D eigenvalue weighted by Gasteiger charge is -1.97. The van der Waals surface area contributed by atoms with Gasteiger partial charge in [0.05, 0.1) is 11.0 Å². The predicted octanol–water partition coefficient (Wildman–Crippen LogP) is 2.37. The Morgan fingerprint density at radius 1 is 1.19 bits per heavy atom. The number of aromatic nitrogens is 4. The molecule has 0 radical (unpaired) electrons. The zero-order valence-electron chi connectivity index (χ0n) is 9.23. The lowest BCUT2D eigenvalue weighted by atomic mass is 10.1. The predicted molar refractivity (Wildman–Crippen MR) is 62.7 cm³/mol. The van der Waals surface area contributed by atoms with Crippen molar-refractivity contribution in [3.05, 3.63) is 42.0 Å². The maximum Gasteiger partial charge on any atom is 0.213 e. The highest BCUT2D eigenvalue weighted by atomic mass is 15.2. The molecule has 0 saturated carbocycles. The molecule has 0 unspecified atom stereocenters. The van der Waals surface area contributed by atoms with E-state index < -0.39 is 0 Å². The van der Waals surface area contributed by atoms with Gasteiger partial charge in [-0.1, -0.05) is 0 Å². The number of nitrogens with zero attached hydrogens (tertiary/aromatic N) is 3. The average molecular weight is 212 g/mol.